The fourth-order valence-corrected chi connectivity index (χ4v) is 4.74. The molecule has 19 heavy (non-hydrogen) atoms. The van der Waals surface area contributed by atoms with Gasteiger partial charge in [-0.25, -0.2) is 8.42 Å². The second-order valence-corrected chi connectivity index (χ2v) is 6.78. The molecule has 1 aromatic rings. The fourth-order valence-electron chi connectivity index (χ4n) is 2.87. The lowest BCUT2D eigenvalue weighted by Crippen LogP contribution is -2.48. The number of methoxy groups -OCH3 is 1. The Kier molecular flexibility index (Phi) is 3.24. The molecule has 0 N–H and O–H groups in total. The van der Waals surface area contributed by atoms with Gasteiger partial charge in [-0.2, -0.15) is 4.31 Å². The summed E-state index contributed by atoms with van der Waals surface area (Å²) in [6.45, 7) is 0.999. The van der Waals surface area contributed by atoms with E-state index in [1.807, 2.05) is 0 Å². The lowest BCUT2D eigenvalue weighted by atomic mass is 10.2. The van der Waals surface area contributed by atoms with Crippen LogP contribution in [0, 0.1) is 0 Å². The molecular weight excluding hydrogens is 266 g/mol. The Morgan fingerprint density at radius 3 is 2.58 bits per heavy atom. The van der Waals surface area contributed by atoms with Crippen molar-refractivity contribution in [2.24, 2.45) is 0 Å². The Labute approximate surface area is 113 Å². The van der Waals surface area contributed by atoms with Crippen LogP contribution < -0.4 is 4.74 Å². The highest BCUT2D eigenvalue weighted by molar-refractivity contribution is 7.89. The van der Waals surface area contributed by atoms with E-state index >= 15 is 0 Å². The number of benzene rings is 1. The van der Waals surface area contributed by atoms with E-state index in [4.69, 9.17) is 9.47 Å². The zero-order valence-electron chi connectivity index (χ0n) is 10.8. The Morgan fingerprint density at radius 2 is 1.95 bits per heavy atom. The van der Waals surface area contributed by atoms with Gasteiger partial charge in [0.05, 0.1) is 25.2 Å². The van der Waals surface area contributed by atoms with Gasteiger partial charge < -0.3 is 9.47 Å². The Morgan fingerprint density at radius 1 is 1.26 bits per heavy atom. The van der Waals surface area contributed by atoms with Crippen molar-refractivity contribution < 1.29 is 17.9 Å². The third-order valence-corrected chi connectivity index (χ3v) is 5.79. The predicted octanol–water partition coefficient (Wildman–Crippen LogP) is 1.25. The molecule has 3 rings (SSSR count). The summed E-state index contributed by atoms with van der Waals surface area (Å²) in [5, 5.41) is 0. The van der Waals surface area contributed by atoms with E-state index in [0.29, 0.717) is 23.9 Å². The maximum atomic E-state index is 12.7. The van der Waals surface area contributed by atoms with Crippen LogP contribution in [0.2, 0.25) is 0 Å². The smallest absolute Gasteiger partial charge is 0.243 e. The highest BCUT2D eigenvalue weighted by Gasteiger charge is 2.45. The summed E-state index contributed by atoms with van der Waals surface area (Å²) in [5.74, 6) is 0.557. The third-order valence-electron chi connectivity index (χ3n) is 3.79. The molecule has 2 aliphatic heterocycles. The summed E-state index contributed by atoms with van der Waals surface area (Å²) in [6.07, 6.45) is 1.77. The average molecular weight is 283 g/mol. The zero-order valence-corrected chi connectivity index (χ0v) is 11.6. The minimum atomic E-state index is -3.46. The largest absolute Gasteiger partial charge is 0.497 e. The SMILES string of the molecule is COc1cccc(S(=O)(=O)N2C3CCC2COC3)c1. The molecule has 0 amide bonds. The van der Waals surface area contributed by atoms with Crippen molar-refractivity contribution in [2.75, 3.05) is 20.3 Å². The minimum Gasteiger partial charge on any atom is -0.497 e. The minimum absolute atomic E-state index is 0.0186. The molecule has 0 saturated carbocycles. The zero-order chi connectivity index (χ0) is 13.5. The number of sulfonamides is 1. The Hall–Kier alpha value is -1.11. The molecule has 5 nitrogen and oxygen atoms in total. The molecule has 2 atom stereocenters. The summed E-state index contributed by atoms with van der Waals surface area (Å²) in [5.41, 5.74) is 0. The van der Waals surface area contributed by atoms with Gasteiger partial charge in [0.2, 0.25) is 10.0 Å². The molecular formula is C13H17NO4S. The van der Waals surface area contributed by atoms with E-state index in [9.17, 15) is 8.42 Å². The van der Waals surface area contributed by atoms with Crippen molar-refractivity contribution in [1.29, 1.82) is 0 Å². The molecule has 2 saturated heterocycles. The third kappa shape index (κ3) is 2.13. The number of hydrogen-bond donors (Lipinski definition) is 0. The van der Waals surface area contributed by atoms with Gasteiger partial charge >= 0.3 is 0 Å². The summed E-state index contributed by atoms with van der Waals surface area (Å²) in [7, 11) is -1.93. The molecule has 2 unspecified atom stereocenters. The number of morpholine rings is 1. The van der Waals surface area contributed by atoms with Crippen molar-refractivity contribution >= 4 is 10.0 Å². The van der Waals surface area contributed by atoms with Crippen LogP contribution in [0.5, 0.6) is 5.75 Å². The van der Waals surface area contributed by atoms with E-state index in [0.717, 1.165) is 12.8 Å². The number of fused-ring (bicyclic) bond motifs is 2. The second-order valence-electron chi connectivity index (χ2n) is 4.94. The van der Waals surface area contributed by atoms with E-state index in [2.05, 4.69) is 0 Å². The molecule has 1 aromatic carbocycles. The van der Waals surface area contributed by atoms with Crippen LogP contribution in [-0.4, -0.2) is 45.1 Å². The molecule has 2 bridgehead atoms. The highest BCUT2D eigenvalue weighted by atomic mass is 32.2. The first-order chi connectivity index (χ1) is 9.13. The summed E-state index contributed by atoms with van der Waals surface area (Å²) >= 11 is 0. The van der Waals surface area contributed by atoms with E-state index < -0.39 is 10.0 Å². The Balaban J connectivity index is 1.98. The summed E-state index contributed by atoms with van der Waals surface area (Å²) in [4.78, 5) is 0.297. The van der Waals surface area contributed by atoms with Gasteiger partial charge in [-0.15, -0.1) is 0 Å². The molecule has 104 valence electrons. The number of ether oxygens (including phenoxy) is 2. The van der Waals surface area contributed by atoms with Gasteiger partial charge in [0, 0.05) is 18.2 Å². The van der Waals surface area contributed by atoms with Gasteiger partial charge in [-0.3, -0.25) is 0 Å². The molecule has 0 spiro atoms. The number of nitrogens with zero attached hydrogens (tertiary/aromatic N) is 1. The maximum Gasteiger partial charge on any atom is 0.243 e. The van der Waals surface area contributed by atoms with Crippen LogP contribution in [0.3, 0.4) is 0 Å². The predicted molar refractivity (Wildman–Crippen MR) is 69.6 cm³/mol. The molecule has 0 aliphatic carbocycles. The molecule has 0 aromatic heterocycles. The number of hydrogen-bond acceptors (Lipinski definition) is 4. The monoisotopic (exact) mass is 283 g/mol. The van der Waals surface area contributed by atoms with Crippen LogP contribution in [0.25, 0.3) is 0 Å². The van der Waals surface area contributed by atoms with Crippen LogP contribution in [0.15, 0.2) is 29.2 Å². The van der Waals surface area contributed by atoms with E-state index in [1.165, 1.54) is 7.11 Å². The van der Waals surface area contributed by atoms with Crippen molar-refractivity contribution in [3.63, 3.8) is 0 Å². The standard InChI is InChI=1S/C13H17NO4S/c1-17-12-3-2-4-13(7-12)19(15,16)14-10-5-6-11(14)9-18-8-10/h2-4,7,10-11H,5-6,8-9H2,1H3. The van der Waals surface area contributed by atoms with E-state index in [-0.39, 0.29) is 12.1 Å². The van der Waals surface area contributed by atoms with Crippen LogP contribution in [-0.2, 0) is 14.8 Å². The lowest BCUT2D eigenvalue weighted by Gasteiger charge is -2.33. The van der Waals surface area contributed by atoms with Crippen LogP contribution >= 0.6 is 0 Å². The topological polar surface area (TPSA) is 55.8 Å². The number of rotatable bonds is 3. The molecule has 2 heterocycles. The van der Waals surface area contributed by atoms with Crippen LogP contribution in [0.4, 0.5) is 0 Å². The van der Waals surface area contributed by atoms with E-state index in [1.54, 1.807) is 28.6 Å². The maximum absolute atomic E-state index is 12.7. The first-order valence-electron chi connectivity index (χ1n) is 6.38. The molecule has 0 radical (unpaired) electrons. The Bertz CT molecular complexity index is 556. The van der Waals surface area contributed by atoms with Gasteiger partial charge in [0.1, 0.15) is 5.75 Å². The summed E-state index contributed by atoms with van der Waals surface area (Å²) in [6, 6.07) is 6.60. The first kappa shape index (κ1) is 12.9. The summed E-state index contributed by atoms with van der Waals surface area (Å²) < 4.78 is 37.6. The fraction of sp³-hybridized carbons (Fsp3) is 0.538. The van der Waals surface area contributed by atoms with Gasteiger partial charge in [-0.05, 0) is 25.0 Å². The molecule has 6 heteroatoms. The van der Waals surface area contributed by atoms with Gasteiger partial charge in [-0.1, -0.05) is 6.07 Å². The van der Waals surface area contributed by atoms with Crippen molar-refractivity contribution in [2.45, 2.75) is 29.8 Å². The lowest BCUT2D eigenvalue weighted by molar-refractivity contribution is 0.0269. The highest BCUT2D eigenvalue weighted by Crippen LogP contribution is 2.34. The second kappa shape index (κ2) is 4.77. The quantitative estimate of drug-likeness (QED) is 0.837. The molecule has 2 fully saturated rings. The van der Waals surface area contributed by atoms with Gasteiger partial charge in [0.25, 0.3) is 0 Å². The van der Waals surface area contributed by atoms with Crippen LogP contribution in [0.1, 0.15) is 12.8 Å². The van der Waals surface area contributed by atoms with Crippen molar-refractivity contribution in [1.82, 2.24) is 4.31 Å². The average Bonchev–Trinajstić information content (AvgIpc) is 2.70. The normalized spacial score (nSPS) is 27.4. The van der Waals surface area contributed by atoms with Gasteiger partial charge in [0.15, 0.2) is 0 Å². The molecule has 2 aliphatic rings. The van der Waals surface area contributed by atoms with Crippen molar-refractivity contribution in [3.8, 4) is 5.75 Å². The van der Waals surface area contributed by atoms with Crippen molar-refractivity contribution in [3.05, 3.63) is 24.3 Å². The first-order valence-corrected chi connectivity index (χ1v) is 7.82.